The van der Waals surface area contributed by atoms with Crippen LogP contribution in [0.4, 0.5) is 4.79 Å². The van der Waals surface area contributed by atoms with Gasteiger partial charge in [-0.15, -0.1) is 0 Å². The minimum absolute atomic E-state index is 0.113. The van der Waals surface area contributed by atoms with Gasteiger partial charge >= 0.3 is 6.03 Å². The second kappa shape index (κ2) is 5.63. The Bertz CT molecular complexity index is 401. The molecule has 0 spiro atoms. The summed E-state index contributed by atoms with van der Waals surface area (Å²) in [5, 5.41) is 9.86. The van der Waals surface area contributed by atoms with Crippen molar-refractivity contribution in [1.29, 1.82) is 0 Å². The number of hydrogen-bond donors (Lipinski definition) is 2. The van der Waals surface area contributed by atoms with E-state index in [-0.39, 0.29) is 24.5 Å². The molecule has 2 N–H and O–H groups in total. The standard InChI is InChI=1S/C11H17N5O2/c1-9(8-15-5-2-3-14-15)12-4-6-16-10(17)7-13-11(16)18/h2-3,5,9,12H,4,6-8H2,1H3,(H,13,18)/t9-/m0/s1. The molecule has 0 aromatic carbocycles. The van der Waals surface area contributed by atoms with Crippen LogP contribution in [0.5, 0.6) is 0 Å². The summed E-state index contributed by atoms with van der Waals surface area (Å²) in [7, 11) is 0. The smallest absolute Gasteiger partial charge is 0.324 e. The fraction of sp³-hybridized carbons (Fsp3) is 0.545. The molecule has 98 valence electrons. The summed E-state index contributed by atoms with van der Waals surface area (Å²) in [6.45, 7) is 3.89. The summed E-state index contributed by atoms with van der Waals surface area (Å²) in [4.78, 5) is 23.8. The Morgan fingerprint density at radius 1 is 1.56 bits per heavy atom. The van der Waals surface area contributed by atoms with Crippen LogP contribution in [0.2, 0.25) is 0 Å². The SMILES string of the molecule is C[C@@H](Cn1cccn1)NCCN1C(=O)CNC1=O. The molecule has 1 aromatic rings. The predicted octanol–water partition coefficient (Wildman–Crippen LogP) is -0.587. The van der Waals surface area contributed by atoms with Crippen LogP contribution in [0.3, 0.4) is 0 Å². The Morgan fingerprint density at radius 3 is 3.00 bits per heavy atom. The van der Waals surface area contributed by atoms with Gasteiger partial charge < -0.3 is 10.6 Å². The van der Waals surface area contributed by atoms with E-state index in [1.165, 1.54) is 4.90 Å². The highest BCUT2D eigenvalue weighted by Gasteiger charge is 2.27. The van der Waals surface area contributed by atoms with Crippen LogP contribution < -0.4 is 10.6 Å². The van der Waals surface area contributed by atoms with Crippen LogP contribution in [-0.4, -0.2) is 52.3 Å². The number of carbonyl (C=O) groups excluding carboxylic acids is 2. The zero-order chi connectivity index (χ0) is 13.0. The molecule has 1 aliphatic heterocycles. The first-order valence-corrected chi connectivity index (χ1v) is 5.96. The molecule has 1 aliphatic rings. The van der Waals surface area contributed by atoms with E-state index in [0.717, 1.165) is 6.54 Å². The maximum absolute atomic E-state index is 11.3. The second-order valence-electron chi connectivity index (χ2n) is 4.29. The van der Waals surface area contributed by atoms with Crippen molar-refractivity contribution in [3.05, 3.63) is 18.5 Å². The van der Waals surface area contributed by atoms with Gasteiger partial charge in [-0.25, -0.2) is 4.79 Å². The van der Waals surface area contributed by atoms with Gasteiger partial charge in [0.2, 0.25) is 5.91 Å². The first kappa shape index (κ1) is 12.6. The number of nitrogens with zero attached hydrogens (tertiary/aromatic N) is 3. The van der Waals surface area contributed by atoms with Crippen LogP contribution in [0.25, 0.3) is 0 Å². The van der Waals surface area contributed by atoms with Crippen molar-refractivity contribution in [3.63, 3.8) is 0 Å². The third-order valence-electron chi connectivity index (χ3n) is 2.79. The normalized spacial score (nSPS) is 17.1. The minimum Gasteiger partial charge on any atom is -0.329 e. The van der Waals surface area contributed by atoms with Crippen LogP contribution in [-0.2, 0) is 11.3 Å². The number of rotatable bonds is 6. The molecule has 0 unspecified atom stereocenters. The number of imide groups is 1. The molecule has 2 rings (SSSR count). The lowest BCUT2D eigenvalue weighted by Gasteiger charge is -2.17. The minimum atomic E-state index is -0.304. The Labute approximate surface area is 105 Å². The van der Waals surface area contributed by atoms with Crippen molar-refractivity contribution in [2.24, 2.45) is 0 Å². The van der Waals surface area contributed by atoms with E-state index in [9.17, 15) is 9.59 Å². The Kier molecular flexibility index (Phi) is 3.93. The number of urea groups is 1. The molecule has 7 heteroatoms. The van der Waals surface area contributed by atoms with E-state index in [1.807, 2.05) is 23.9 Å². The van der Waals surface area contributed by atoms with Gasteiger partial charge in [0.1, 0.15) is 0 Å². The largest absolute Gasteiger partial charge is 0.329 e. The molecule has 3 amide bonds. The summed E-state index contributed by atoms with van der Waals surface area (Å²) in [5.41, 5.74) is 0. The average Bonchev–Trinajstić information content (AvgIpc) is 2.93. The highest BCUT2D eigenvalue weighted by atomic mass is 16.2. The van der Waals surface area contributed by atoms with Gasteiger partial charge in [-0.2, -0.15) is 5.10 Å². The number of amides is 3. The van der Waals surface area contributed by atoms with Crippen molar-refractivity contribution in [2.45, 2.75) is 19.5 Å². The van der Waals surface area contributed by atoms with Gasteiger partial charge in [0, 0.05) is 31.5 Å². The van der Waals surface area contributed by atoms with Crippen molar-refractivity contribution < 1.29 is 9.59 Å². The third-order valence-corrected chi connectivity index (χ3v) is 2.79. The topological polar surface area (TPSA) is 79.3 Å². The van der Waals surface area contributed by atoms with Crippen LogP contribution in [0, 0.1) is 0 Å². The molecular formula is C11H17N5O2. The molecule has 18 heavy (non-hydrogen) atoms. The van der Waals surface area contributed by atoms with Gasteiger partial charge in [-0.1, -0.05) is 0 Å². The molecule has 1 aromatic heterocycles. The molecule has 7 nitrogen and oxygen atoms in total. The highest BCUT2D eigenvalue weighted by Crippen LogP contribution is 1.97. The first-order chi connectivity index (χ1) is 8.66. The Hall–Kier alpha value is -1.89. The van der Waals surface area contributed by atoms with Crippen molar-refractivity contribution in [2.75, 3.05) is 19.6 Å². The second-order valence-corrected chi connectivity index (χ2v) is 4.29. The van der Waals surface area contributed by atoms with E-state index in [4.69, 9.17) is 0 Å². The molecule has 0 aliphatic carbocycles. The monoisotopic (exact) mass is 251 g/mol. The van der Waals surface area contributed by atoms with Crippen molar-refractivity contribution in [3.8, 4) is 0 Å². The number of aromatic nitrogens is 2. The van der Waals surface area contributed by atoms with Crippen LogP contribution in [0.15, 0.2) is 18.5 Å². The molecule has 1 atom stereocenters. The Balaban J connectivity index is 1.69. The molecule has 0 saturated carbocycles. The zero-order valence-corrected chi connectivity index (χ0v) is 10.3. The lowest BCUT2D eigenvalue weighted by atomic mass is 10.3. The average molecular weight is 251 g/mol. The Morgan fingerprint density at radius 2 is 2.39 bits per heavy atom. The number of carbonyl (C=O) groups is 2. The first-order valence-electron chi connectivity index (χ1n) is 5.96. The maximum atomic E-state index is 11.3. The van der Waals surface area contributed by atoms with E-state index in [0.29, 0.717) is 13.1 Å². The fourth-order valence-corrected chi connectivity index (χ4v) is 1.86. The lowest BCUT2D eigenvalue weighted by molar-refractivity contribution is -0.124. The summed E-state index contributed by atoms with van der Waals surface area (Å²) >= 11 is 0. The lowest BCUT2D eigenvalue weighted by Crippen LogP contribution is -2.40. The highest BCUT2D eigenvalue weighted by molar-refractivity contribution is 6.01. The quantitative estimate of drug-likeness (QED) is 0.663. The summed E-state index contributed by atoms with van der Waals surface area (Å²) < 4.78 is 1.84. The summed E-state index contributed by atoms with van der Waals surface area (Å²) in [5.74, 6) is -0.165. The molecule has 1 saturated heterocycles. The molecule has 0 radical (unpaired) electrons. The van der Waals surface area contributed by atoms with E-state index >= 15 is 0 Å². The molecule has 1 fully saturated rings. The molecule has 0 bridgehead atoms. The van der Waals surface area contributed by atoms with E-state index < -0.39 is 0 Å². The zero-order valence-electron chi connectivity index (χ0n) is 10.3. The van der Waals surface area contributed by atoms with E-state index in [2.05, 4.69) is 15.7 Å². The number of nitrogens with one attached hydrogen (secondary N) is 2. The van der Waals surface area contributed by atoms with Gasteiger partial charge in [-0.3, -0.25) is 14.4 Å². The number of hydrogen-bond acceptors (Lipinski definition) is 4. The van der Waals surface area contributed by atoms with Crippen LogP contribution in [0.1, 0.15) is 6.92 Å². The van der Waals surface area contributed by atoms with Crippen molar-refractivity contribution in [1.82, 2.24) is 25.3 Å². The van der Waals surface area contributed by atoms with Gasteiger partial charge in [0.15, 0.2) is 0 Å². The van der Waals surface area contributed by atoms with Crippen LogP contribution >= 0.6 is 0 Å². The molecular weight excluding hydrogens is 234 g/mol. The summed E-state index contributed by atoms with van der Waals surface area (Å²) in [6.07, 6.45) is 3.63. The third kappa shape index (κ3) is 3.07. The van der Waals surface area contributed by atoms with E-state index in [1.54, 1.807) is 6.20 Å². The van der Waals surface area contributed by atoms with Gasteiger partial charge in [0.25, 0.3) is 0 Å². The summed E-state index contributed by atoms with van der Waals surface area (Å²) in [6, 6.07) is 1.80. The van der Waals surface area contributed by atoms with Gasteiger partial charge in [0.05, 0.1) is 13.1 Å². The predicted molar refractivity (Wildman–Crippen MR) is 64.8 cm³/mol. The molecule has 2 heterocycles. The van der Waals surface area contributed by atoms with Gasteiger partial charge in [-0.05, 0) is 13.0 Å². The maximum Gasteiger partial charge on any atom is 0.324 e. The van der Waals surface area contributed by atoms with Crippen molar-refractivity contribution >= 4 is 11.9 Å². The fourth-order valence-electron chi connectivity index (χ4n) is 1.86.